The molecule has 2 saturated carbocycles. The van der Waals surface area contributed by atoms with Crippen LogP contribution in [-0.4, -0.2) is 83.3 Å². The molecule has 230 valence electrons. The van der Waals surface area contributed by atoms with E-state index >= 15 is 0 Å². The van der Waals surface area contributed by atoms with Crippen LogP contribution in [-0.2, 0) is 29.1 Å². The third-order valence-corrected chi connectivity index (χ3v) is 9.19. The van der Waals surface area contributed by atoms with Gasteiger partial charge in [0.05, 0.1) is 5.25 Å². The van der Waals surface area contributed by atoms with Crippen molar-refractivity contribution >= 4 is 51.2 Å². The first-order valence-corrected chi connectivity index (χ1v) is 15.5. The molecule has 2 aliphatic carbocycles. The highest BCUT2D eigenvalue weighted by atomic mass is 32.2. The Morgan fingerprint density at radius 2 is 1.76 bits per heavy atom. The van der Waals surface area contributed by atoms with Gasteiger partial charge in [0.25, 0.3) is 5.91 Å². The number of nitrogens with one attached hydrogen (secondary N) is 4. The molecule has 6 N–H and O–H groups in total. The summed E-state index contributed by atoms with van der Waals surface area (Å²) in [4.78, 5) is 54.8. The Labute approximate surface area is 246 Å². The molecule has 0 aromatic rings. The van der Waals surface area contributed by atoms with Crippen molar-refractivity contribution < 1.29 is 32.3 Å². The highest BCUT2D eigenvalue weighted by Gasteiger charge is 2.62. The van der Waals surface area contributed by atoms with Crippen molar-refractivity contribution in [3.05, 3.63) is 12.7 Å². The Hall–Kier alpha value is -2.94. The molecule has 0 bridgehead atoms. The van der Waals surface area contributed by atoms with Crippen LogP contribution in [0.2, 0.25) is 0 Å². The number of thiocarbonyl (C=S) groups is 1. The number of carbonyl (C=O) groups excluding carboxylic acids is 4. The fourth-order valence-electron chi connectivity index (χ4n) is 4.89. The standard InChI is InChI=1S/C26H42N6O7S2/c1-8-14-12-26(14,21(35)31-41(37,38)16-9-10-16)30-19(33)17-11-15(28-22(27)40)13-32(17)20(34)18(24(2,3)4)29-23(36)39-25(5,6)7/h8,14-18H,1,9-13H2,2-7H3,(H,29,36)(H,30,33)(H,31,35)(H3,27,28,40)/t14?,15-,17+,18-,26-/m1/s1. The van der Waals surface area contributed by atoms with E-state index < -0.39 is 79.7 Å². The average Bonchev–Trinajstić information content (AvgIpc) is 3.72. The summed E-state index contributed by atoms with van der Waals surface area (Å²) < 4.78 is 32.4. The van der Waals surface area contributed by atoms with E-state index in [0.29, 0.717) is 12.8 Å². The van der Waals surface area contributed by atoms with E-state index in [1.54, 1.807) is 41.5 Å². The molecule has 41 heavy (non-hydrogen) atoms. The van der Waals surface area contributed by atoms with Gasteiger partial charge >= 0.3 is 6.09 Å². The Morgan fingerprint density at radius 3 is 2.22 bits per heavy atom. The van der Waals surface area contributed by atoms with Crippen LogP contribution in [0.25, 0.3) is 0 Å². The molecule has 1 unspecified atom stereocenters. The first-order valence-electron chi connectivity index (χ1n) is 13.6. The van der Waals surface area contributed by atoms with Crippen molar-refractivity contribution in [2.75, 3.05) is 6.54 Å². The van der Waals surface area contributed by atoms with E-state index in [1.807, 2.05) is 0 Å². The zero-order valence-electron chi connectivity index (χ0n) is 24.4. The highest BCUT2D eigenvalue weighted by molar-refractivity contribution is 7.91. The van der Waals surface area contributed by atoms with Gasteiger partial charge in [-0.3, -0.25) is 19.1 Å². The summed E-state index contributed by atoms with van der Waals surface area (Å²) in [6.45, 7) is 14.1. The van der Waals surface area contributed by atoms with Crippen LogP contribution in [0.1, 0.15) is 67.2 Å². The predicted octanol–water partition coefficient (Wildman–Crippen LogP) is 0.398. The Bertz CT molecular complexity index is 1220. The molecule has 1 saturated heterocycles. The lowest BCUT2D eigenvalue weighted by Crippen LogP contribution is -2.60. The number of amides is 4. The number of likely N-dealkylation sites (tertiary alicyclic amines) is 1. The third-order valence-electron chi connectivity index (χ3n) is 7.26. The fourth-order valence-corrected chi connectivity index (χ4v) is 6.42. The molecule has 0 spiro atoms. The van der Waals surface area contributed by atoms with Crippen LogP contribution >= 0.6 is 12.2 Å². The number of carbonyl (C=O) groups is 4. The van der Waals surface area contributed by atoms with Crippen LogP contribution < -0.4 is 26.4 Å². The molecule has 3 aliphatic rings. The van der Waals surface area contributed by atoms with Crippen LogP contribution in [0, 0.1) is 11.3 Å². The average molecular weight is 615 g/mol. The van der Waals surface area contributed by atoms with Crippen LogP contribution in [0.4, 0.5) is 4.79 Å². The number of nitrogens with zero attached hydrogens (tertiary/aromatic N) is 1. The summed E-state index contributed by atoms with van der Waals surface area (Å²) in [7, 11) is -3.85. The van der Waals surface area contributed by atoms with E-state index in [4.69, 9.17) is 22.7 Å². The number of alkyl carbamates (subject to hydrolysis) is 1. The quantitative estimate of drug-likeness (QED) is 0.180. The fraction of sp³-hybridized carbons (Fsp3) is 0.731. The second kappa shape index (κ2) is 11.4. The SMILES string of the molecule is C=CC1C[C@]1(NC(=O)[C@@H]1C[C@@H](NC(N)=S)CN1C(=O)[C@@H](NC(=O)OC(C)(C)C)C(C)(C)C)C(=O)NS(=O)(=O)C1CC1. The minimum Gasteiger partial charge on any atom is -0.444 e. The van der Waals surface area contributed by atoms with E-state index in [9.17, 15) is 27.6 Å². The Kier molecular flexibility index (Phi) is 9.04. The molecule has 0 radical (unpaired) electrons. The lowest BCUT2D eigenvalue weighted by molar-refractivity contribution is -0.142. The molecular weight excluding hydrogens is 572 g/mol. The number of ether oxygens (including phenoxy) is 1. The lowest BCUT2D eigenvalue weighted by Gasteiger charge is -2.36. The molecule has 4 amide bonds. The van der Waals surface area contributed by atoms with Crippen molar-refractivity contribution in [2.24, 2.45) is 17.1 Å². The summed E-state index contributed by atoms with van der Waals surface area (Å²) in [6.07, 6.45) is 1.90. The monoisotopic (exact) mass is 614 g/mol. The normalized spacial score (nSPS) is 26.8. The van der Waals surface area contributed by atoms with Gasteiger partial charge in [0.1, 0.15) is 23.2 Å². The number of rotatable bonds is 9. The largest absolute Gasteiger partial charge is 0.444 e. The molecule has 5 atom stereocenters. The minimum atomic E-state index is -3.85. The van der Waals surface area contributed by atoms with Gasteiger partial charge in [0.15, 0.2) is 5.11 Å². The van der Waals surface area contributed by atoms with E-state index in [1.165, 1.54) is 11.0 Å². The van der Waals surface area contributed by atoms with Gasteiger partial charge in [-0.05, 0) is 64.1 Å². The Balaban J connectivity index is 1.86. The van der Waals surface area contributed by atoms with Gasteiger partial charge < -0.3 is 31.3 Å². The molecule has 1 heterocycles. The second-order valence-corrected chi connectivity index (χ2v) is 15.5. The summed E-state index contributed by atoms with van der Waals surface area (Å²) in [5, 5.41) is 7.60. The number of sulfonamides is 1. The van der Waals surface area contributed by atoms with Crippen molar-refractivity contribution in [3.8, 4) is 0 Å². The maximum atomic E-state index is 14.0. The van der Waals surface area contributed by atoms with Gasteiger partial charge in [0.2, 0.25) is 21.8 Å². The van der Waals surface area contributed by atoms with Crippen LogP contribution in [0.3, 0.4) is 0 Å². The lowest BCUT2D eigenvalue weighted by atomic mass is 9.85. The first kappa shape index (κ1) is 32.6. The molecule has 15 heteroatoms. The first-order chi connectivity index (χ1) is 18.7. The molecular formula is C26H42N6O7S2. The smallest absolute Gasteiger partial charge is 0.408 e. The van der Waals surface area contributed by atoms with Crippen molar-refractivity contribution in [1.29, 1.82) is 0 Å². The number of nitrogens with two attached hydrogens (primary N) is 1. The summed E-state index contributed by atoms with van der Waals surface area (Å²) in [5.74, 6) is -2.52. The van der Waals surface area contributed by atoms with E-state index in [0.717, 1.165) is 0 Å². The molecule has 3 rings (SSSR count). The molecule has 3 fully saturated rings. The van der Waals surface area contributed by atoms with Gasteiger partial charge in [-0.15, -0.1) is 6.58 Å². The predicted molar refractivity (Wildman–Crippen MR) is 156 cm³/mol. The molecule has 0 aromatic heterocycles. The Morgan fingerprint density at radius 1 is 1.15 bits per heavy atom. The van der Waals surface area contributed by atoms with E-state index in [-0.39, 0.29) is 24.5 Å². The maximum Gasteiger partial charge on any atom is 0.408 e. The van der Waals surface area contributed by atoms with E-state index in [2.05, 4.69) is 27.3 Å². The number of hydrogen-bond acceptors (Lipinski definition) is 8. The van der Waals surface area contributed by atoms with Gasteiger partial charge in [-0.1, -0.05) is 26.8 Å². The zero-order valence-corrected chi connectivity index (χ0v) is 26.0. The molecule has 0 aromatic carbocycles. The van der Waals surface area contributed by atoms with Crippen molar-refractivity contribution in [2.45, 2.75) is 102 Å². The summed E-state index contributed by atoms with van der Waals surface area (Å²) in [6, 6.07) is -2.63. The highest BCUT2D eigenvalue weighted by Crippen LogP contribution is 2.45. The van der Waals surface area contributed by atoms with Gasteiger partial charge in [-0.25, -0.2) is 13.2 Å². The van der Waals surface area contributed by atoms with Gasteiger partial charge in [0, 0.05) is 18.5 Å². The zero-order chi connectivity index (χ0) is 31.1. The van der Waals surface area contributed by atoms with Gasteiger partial charge in [-0.2, -0.15) is 0 Å². The third kappa shape index (κ3) is 7.87. The van der Waals surface area contributed by atoms with Crippen LogP contribution in [0.5, 0.6) is 0 Å². The second-order valence-electron chi connectivity index (χ2n) is 13.1. The summed E-state index contributed by atoms with van der Waals surface area (Å²) >= 11 is 4.97. The molecule has 1 aliphatic heterocycles. The van der Waals surface area contributed by atoms with Crippen LogP contribution in [0.15, 0.2) is 12.7 Å². The topological polar surface area (TPSA) is 189 Å². The van der Waals surface area contributed by atoms with Crippen molar-refractivity contribution in [1.82, 2.24) is 25.6 Å². The minimum absolute atomic E-state index is 0.0160. The molecule has 13 nitrogen and oxygen atoms in total. The summed E-state index contributed by atoms with van der Waals surface area (Å²) in [5.41, 5.74) is 2.58. The van der Waals surface area contributed by atoms with Crippen molar-refractivity contribution in [3.63, 3.8) is 0 Å². The number of hydrogen-bond donors (Lipinski definition) is 5. The maximum absolute atomic E-state index is 14.0.